The molecule has 0 saturated carbocycles. The van der Waals surface area contributed by atoms with Crippen molar-refractivity contribution in [1.82, 2.24) is 0 Å². The molecule has 23 heavy (non-hydrogen) atoms. The molecule has 0 aliphatic heterocycles. The predicted octanol–water partition coefficient (Wildman–Crippen LogP) is 4.30. The molecule has 4 nitrogen and oxygen atoms in total. The zero-order valence-electron chi connectivity index (χ0n) is 13.0. The molecule has 0 aliphatic rings. The minimum atomic E-state index is -3.55. The first kappa shape index (κ1) is 18.3. The van der Waals surface area contributed by atoms with E-state index in [0.717, 1.165) is 5.69 Å². The van der Waals surface area contributed by atoms with Gasteiger partial charge >= 0.3 is 0 Å². The fourth-order valence-corrected chi connectivity index (χ4v) is 4.64. The fraction of sp³-hybridized carbons (Fsp3) is 0.250. The van der Waals surface area contributed by atoms with Gasteiger partial charge in [0, 0.05) is 47.8 Å². The third-order valence-corrected chi connectivity index (χ3v) is 6.60. The molecule has 0 radical (unpaired) electrons. The second-order valence-corrected chi connectivity index (χ2v) is 8.64. The van der Waals surface area contributed by atoms with Gasteiger partial charge in [0.1, 0.15) is 0 Å². The molecule has 0 unspecified atom stereocenters. The number of nitrogens with zero attached hydrogens (tertiary/aromatic N) is 1. The molecule has 2 rings (SSSR count). The van der Waals surface area contributed by atoms with Gasteiger partial charge in [0.25, 0.3) is 7.37 Å². The Balaban J connectivity index is 2.44. The Hall–Kier alpha value is -1.03. The molecule has 2 atom stereocenters. The summed E-state index contributed by atoms with van der Waals surface area (Å²) in [5.74, 6) is -1.37. The Kier molecular flexibility index (Phi) is 5.77. The van der Waals surface area contributed by atoms with E-state index in [2.05, 4.69) is 0 Å². The third-order valence-electron chi connectivity index (χ3n) is 3.56. The van der Waals surface area contributed by atoms with E-state index in [0.29, 0.717) is 15.9 Å². The summed E-state index contributed by atoms with van der Waals surface area (Å²) in [6.07, 6.45) is 0. The van der Waals surface area contributed by atoms with Crippen LogP contribution in [0.3, 0.4) is 0 Å². The van der Waals surface area contributed by atoms with E-state index in [1.54, 1.807) is 24.3 Å². The Morgan fingerprint density at radius 3 is 2.22 bits per heavy atom. The van der Waals surface area contributed by atoms with Crippen LogP contribution < -0.4 is 10.2 Å². The zero-order chi connectivity index (χ0) is 17.2. The highest BCUT2D eigenvalue weighted by Gasteiger charge is 2.36. The zero-order valence-corrected chi connectivity index (χ0v) is 15.4. The molecular weight excluding hydrogens is 356 g/mol. The molecule has 0 aliphatic carbocycles. The number of anilines is 1. The number of aliphatic hydroxyl groups is 1. The molecule has 0 saturated heterocycles. The lowest BCUT2D eigenvalue weighted by atomic mass is 10.2. The quantitative estimate of drug-likeness (QED) is 0.793. The summed E-state index contributed by atoms with van der Waals surface area (Å²) in [6, 6.07) is 11.6. The summed E-state index contributed by atoms with van der Waals surface area (Å²) >= 11 is 12.0. The van der Waals surface area contributed by atoms with Gasteiger partial charge in [-0.1, -0.05) is 29.3 Å². The van der Waals surface area contributed by atoms with Crippen LogP contribution in [-0.4, -0.2) is 26.3 Å². The molecule has 0 amide bonds. The smallest absolute Gasteiger partial charge is 0.263 e. The van der Waals surface area contributed by atoms with E-state index in [-0.39, 0.29) is 5.02 Å². The van der Waals surface area contributed by atoms with E-state index in [1.165, 1.54) is 13.2 Å². The van der Waals surface area contributed by atoms with Crippen LogP contribution in [0.1, 0.15) is 11.4 Å². The van der Waals surface area contributed by atoms with Gasteiger partial charge in [0.2, 0.25) is 0 Å². The summed E-state index contributed by atoms with van der Waals surface area (Å²) in [6.45, 7) is 0. The monoisotopic (exact) mass is 373 g/mol. The molecule has 0 aromatic heterocycles. The Bertz CT molecular complexity index is 735. The first-order valence-electron chi connectivity index (χ1n) is 6.86. The van der Waals surface area contributed by atoms with Crippen molar-refractivity contribution in [3.63, 3.8) is 0 Å². The van der Waals surface area contributed by atoms with E-state index in [4.69, 9.17) is 27.7 Å². The second kappa shape index (κ2) is 7.25. The van der Waals surface area contributed by atoms with Crippen LogP contribution in [0.15, 0.2) is 42.5 Å². The lowest BCUT2D eigenvalue weighted by Crippen LogP contribution is -2.15. The molecule has 7 heteroatoms. The van der Waals surface area contributed by atoms with E-state index < -0.39 is 13.2 Å². The molecule has 0 fully saturated rings. The van der Waals surface area contributed by atoms with Gasteiger partial charge < -0.3 is 14.5 Å². The summed E-state index contributed by atoms with van der Waals surface area (Å²) in [5.41, 5.74) is 1.27. The largest absolute Gasteiger partial charge is 0.378 e. The molecule has 0 spiro atoms. The van der Waals surface area contributed by atoms with Crippen molar-refractivity contribution in [3.05, 3.63) is 58.1 Å². The molecule has 0 bridgehead atoms. The SMILES string of the molecule is CO[P@](=O)(c1ccc(N(C)C)cc1)[C@H](O)c1ccc(Cl)cc1Cl. The number of benzene rings is 2. The molecule has 124 valence electrons. The first-order valence-corrected chi connectivity index (χ1v) is 9.31. The number of aliphatic hydroxyl groups excluding tert-OH is 1. The van der Waals surface area contributed by atoms with Crippen LogP contribution in [-0.2, 0) is 9.09 Å². The maximum absolute atomic E-state index is 13.2. The summed E-state index contributed by atoms with van der Waals surface area (Å²) < 4.78 is 18.5. The number of rotatable bonds is 5. The van der Waals surface area contributed by atoms with Gasteiger partial charge in [-0.05, 0) is 36.4 Å². The van der Waals surface area contributed by atoms with Gasteiger partial charge in [0.05, 0.1) is 0 Å². The number of hydrogen-bond donors (Lipinski definition) is 1. The van der Waals surface area contributed by atoms with Gasteiger partial charge in [-0.15, -0.1) is 0 Å². The molecule has 0 heterocycles. The maximum atomic E-state index is 13.2. The van der Waals surface area contributed by atoms with Crippen LogP contribution in [0.25, 0.3) is 0 Å². The van der Waals surface area contributed by atoms with Crippen molar-refractivity contribution in [2.24, 2.45) is 0 Å². The van der Waals surface area contributed by atoms with Crippen LogP contribution >= 0.6 is 30.6 Å². The summed E-state index contributed by atoms with van der Waals surface area (Å²) in [7, 11) is 1.58. The van der Waals surface area contributed by atoms with Gasteiger partial charge in [-0.25, -0.2) is 0 Å². The van der Waals surface area contributed by atoms with Crippen molar-refractivity contribution >= 4 is 41.6 Å². The van der Waals surface area contributed by atoms with Crippen molar-refractivity contribution in [2.75, 3.05) is 26.1 Å². The predicted molar refractivity (Wildman–Crippen MR) is 96.4 cm³/mol. The fourth-order valence-electron chi connectivity index (χ4n) is 2.20. The molecule has 2 aromatic rings. The molecule has 1 N–H and O–H groups in total. The standard InChI is InChI=1S/C16H18Cl2NO3P/c1-19(2)12-5-7-13(8-6-12)23(21,22-3)16(20)14-9-4-11(17)10-15(14)18/h4-10,16,20H,1-3H3/t16-,23+/m0/s1. The van der Waals surface area contributed by atoms with Crippen molar-refractivity contribution in [1.29, 1.82) is 0 Å². The van der Waals surface area contributed by atoms with Crippen LogP contribution in [0.4, 0.5) is 5.69 Å². The third kappa shape index (κ3) is 3.73. The minimum absolute atomic E-state index is 0.243. The van der Waals surface area contributed by atoms with Crippen LogP contribution in [0.5, 0.6) is 0 Å². The molecule has 2 aromatic carbocycles. The van der Waals surface area contributed by atoms with E-state index >= 15 is 0 Å². The lowest BCUT2D eigenvalue weighted by Gasteiger charge is -2.24. The van der Waals surface area contributed by atoms with Crippen molar-refractivity contribution in [2.45, 2.75) is 5.85 Å². The highest BCUT2D eigenvalue weighted by atomic mass is 35.5. The van der Waals surface area contributed by atoms with Crippen molar-refractivity contribution < 1.29 is 14.2 Å². The number of hydrogen-bond acceptors (Lipinski definition) is 4. The second-order valence-electron chi connectivity index (χ2n) is 5.23. The highest BCUT2D eigenvalue weighted by molar-refractivity contribution is 7.67. The first-order chi connectivity index (χ1) is 10.8. The van der Waals surface area contributed by atoms with Crippen molar-refractivity contribution in [3.8, 4) is 0 Å². The minimum Gasteiger partial charge on any atom is -0.378 e. The highest BCUT2D eigenvalue weighted by Crippen LogP contribution is 2.58. The average Bonchev–Trinajstić information content (AvgIpc) is 2.53. The van der Waals surface area contributed by atoms with E-state index in [9.17, 15) is 9.67 Å². The Morgan fingerprint density at radius 2 is 1.74 bits per heavy atom. The lowest BCUT2D eigenvalue weighted by molar-refractivity contribution is 0.229. The normalized spacial score (nSPS) is 15.0. The van der Waals surface area contributed by atoms with Gasteiger partial charge in [-0.3, -0.25) is 4.57 Å². The van der Waals surface area contributed by atoms with Gasteiger partial charge in [0.15, 0.2) is 5.85 Å². The van der Waals surface area contributed by atoms with Crippen LogP contribution in [0.2, 0.25) is 10.0 Å². The van der Waals surface area contributed by atoms with Gasteiger partial charge in [-0.2, -0.15) is 0 Å². The number of halogens is 2. The van der Waals surface area contributed by atoms with E-state index in [1.807, 2.05) is 31.1 Å². The maximum Gasteiger partial charge on any atom is 0.263 e. The summed E-state index contributed by atoms with van der Waals surface area (Å²) in [4.78, 5) is 1.92. The average molecular weight is 374 g/mol. The Labute approximate surface area is 146 Å². The Morgan fingerprint density at radius 1 is 1.13 bits per heavy atom. The van der Waals surface area contributed by atoms with Crippen LogP contribution in [0, 0.1) is 0 Å². The summed E-state index contributed by atoms with van der Waals surface area (Å²) in [5, 5.41) is 11.7. The topological polar surface area (TPSA) is 49.8 Å². The molecular formula is C16H18Cl2NO3P.